The molecular formula is C25H33NO7S. The lowest BCUT2D eigenvalue weighted by Crippen LogP contribution is -2.12. The van der Waals surface area contributed by atoms with Crippen molar-refractivity contribution in [1.82, 2.24) is 0 Å². The lowest BCUT2D eigenvalue weighted by atomic mass is 10.1. The average Bonchev–Trinajstić information content (AvgIpc) is 2.79. The summed E-state index contributed by atoms with van der Waals surface area (Å²) in [6, 6.07) is 12.8. The van der Waals surface area contributed by atoms with Crippen molar-refractivity contribution >= 4 is 27.6 Å². The third-order valence-corrected chi connectivity index (χ3v) is 5.34. The number of carboxylic acid groups (broad SMARTS) is 1. The normalized spacial score (nSPS) is 11.7. The molecule has 2 aromatic rings. The van der Waals surface area contributed by atoms with Gasteiger partial charge < -0.3 is 24.6 Å². The average molecular weight is 492 g/mol. The van der Waals surface area contributed by atoms with Gasteiger partial charge in [0, 0.05) is 18.4 Å². The molecule has 0 atom stereocenters. The van der Waals surface area contributed by atoms with Crippen LogP contribution in [-0.4, -0.2) is 51.4 Å². The predicted octanol–water partition coefficient (Wildman–Crippen LogP) is 4.36. The molecule has 186 valence electrons. The molecule has 0 saturated heterocycles. The van der Waals surface area contributed by atoms with Crippen molar-refractivity contribution in [3.63, 3.8) is 0 Å². The minimum Gasteiger partial charge on any atom is -0.490 e. The Morgan fingerprint density at radius 1 is 1.03 bits per heavy atom. The number of carboxylic acids is 1. The minimum atomic E-state index is -3.09. The Morgan fingerprint density at radius 3 is 2.35 bits per heavy atom. The van der Waals surface area contributed by atoms with Gasteiger partial charge >= 0.3 is 5.97 Å². The first-order valence-corrected chi connectivity index (χ1v) is 13.3. The quantitative estimate of drug-likeness (QED) is 0.215. The van der Waals surface area contributed by atoms with Crippen molar-refractivity contribution in [2.45, 2.75) is 33.1 Å². The minimum absolute atomic E-state index is 0.111. The largest absolute Gasteiger partial charge is 0.490 e. The second-order valence-electron chi connectivity index (χ2n) is 7.70. The van der Waals surface area contributed by atoms with Crippen molar-refractivity contribution in [2.24, 2.45) is 0 Å². The van der Waals surface area contributed by atoms with Gasteiger partial charge in [0.25, 0.3) is 0 Å². The molecule has 0 bridgehead atoms. The molecule has 9 heteroatoms. The summed E-state index contributed by atoms with van der Waals surface area (Å²) in [5, 5.41) is 12.2. The smallest absolute Gasteiger partial charge is 0.371 e. The maximum absolute atomic E-state index is 11.4. The number of benzene rings is 2. The van der Waals surface area contributed by atoms with Crippen LogP contribution in [-0.2, 0) is 25.8 Å². The second kappa shape index (κ2) is 13.5. The highest BCUT2D eigenvalue weighted by molar-refractivity contribution is 7.90. The number of hydrogen-bond donors (Lipinski definition) is 2. The molecule has 0 aromatic heterocycles. The van der Waals surface area contributed by atoms with Crippen molar-refractivity contribution in [3.05, 3.63) is 59.4 Å². The SMILES string of the molecule is CCCCOc1cc(C=C(OCC)C(=O)O)ccc1OCCc1ccc(NCS(C)(=O)=O)cc1. The molecule has 0 fully saturated rings. The van der Waals surface area contributed by atoms with E-state index >= 15 is 0 Å². The number of unbranched alkanes of at least 4 members (excludes halogenated alkanes) is 1. The number of rotatable bonds is 15. The third kappa shape index (κ3) is 9.74. The summed E-state index contributed by atoms with van der Waals surface area (Å²) in [6.07, 6.45) is 5.16. The number of carbonyl (C=O) groups is 1. The first-order chi connectivity index (χ1) is 16.2. The highest BCUT2D eigenvalue weighted by Crippen LogP contribution is 2.30. The van der Waals surface area contributed by atoms with E-state index in [2.05, 4.69) is 12.2 Å². The lowest BCUT2D eigenvalue weighted by Gasteiger charge is -2.14. The highest BCUT2D eigenvalue weighted by atomic mass is 32.2. The van der Waals surface area contributed by atoms with Crippen LogP contribution in [0.1, 0.15) is 37.8 Å². The molecule has 0 aliphatic rings. The van der Waals surface area contributed by atoms with Gasteiger partial charge in [-0.2, -0.15) is 0 Å². The van der Waals surface area contributed by atoms with Gasteiger partial charge in [-0.3, -0.25) is 0 Å². The zero-order valence-corrected chi connectivity index (χ0v) is 20.7. The maximum atomic E-state index is 11.4. The van der Waals surface area contributed by atoms with Gasteiger partial charge in [0.1, 0.15) is 5.88 Å². The van der Waals surface area contributed by atoms with Gasteiger partial charge in [-0.15, -0.1) is 0 Å². The molecule has 0 aliphatic heterocycles. The van der Waals surface area contributed by atoms with Crippen molar-refractivity contribution < 1.29 is 32.5 Å². The summed E-state index contributed by atoms with van der Waals surface area (Å²) in [5.74, 6) is -0.255. The van der Waals surface area contributed by atoms with E-state index in [-0.39, 0.29) is 18.2 Å². The molecule has 0 heterocycles. The summed E-state index contributed by atoms with van der Waals surface area (Å²) in [5.41, 5.74) is 2.42. The summed E-state index contributed by atoms with van der Waals surface area (Å²) >= 11 is 0. The van der Waals surface area contributed by atoms with Gasteiger partial charge in [0.05, 0.1) is 19.8 Å². The number of sulfone groups is 1. The fourth-order valence-electron chi connectivity index (χ4n) is 2.93. The Labute approximate surface area is 201 Å². The topological polar surface area (TPSA) is 111 Å². The van der Waals surface area contributed by atoms with E-state index in [0.29, 0.717) is 36.7 Å². The van der Waals surface area contributed by atoms with Crippen molar-refractivity contribution in [3.8, 4) is 11.5 Å². The molecule has 2 aromatic carbocycles. The van der Waals surface area contributed by atoms with Crippen LogP contribution in [0.5, 0.6) is 11.5 Å². The molecule has 0 saturated carbocycles. The fraction of sp³-hybridized carbons (Fsp3) is 0.400. The van der Waals surface area contributed by atoms with E-state index in [1.807, 2.05) is 24.3 Å². The van der Waals surface area contributed by atoms with Crippen LogP contribution in [0.15, 0.2) is 48.2 Å². The van der Waals surface area contributed by atoms with Crippen LogP contribution >= 0.6 is 0 Å². The molecule has 2 N–H and O–H groups in total. The van der Waals surface area contributed by atoms with E-state index in [1.165, 1.54) is 12.3 Å². The molecule has 0 unspecified atom stereocenters. The molecule has 0 spiro atoms. The van der Waals surface area contributed by atoms with Gasteiger partial charge in [0.2, 0.25) is 5.76 Å². The number of hydrogen-bond acceptors (Lipinski definition) is 7. The summed E-state index contributed by atoms with van der Waals surface area (Å²) in [7, 11) is -3.09. The van der Waals surface area contributed by atoms with Crippen LogP contribution in [0.25, 0.3) is 6.08 Å². The monoisotopic (exact) mass is 491 g/mol. The highest BCUT2D eigenvalue weighted by Gasteiger charge is 2.11. The van der Waals surface area contributed by atoms with E-state index in [0.717, 1.165) is 24.1 Å². The van der Waals surface area contributed by atoms with Crippen molar-refractivity contribution in [1.29, 1.82) is 0 Å². The second-order valence-corrected chi connectivity index (χ2v) is 9.84. The first kappa shape index (κ1) is 27.0. The zero-order valence-electron chi connectivity index (χ0n) is 19.9. The van der Waals surface area contributed by atoms with E-state index < -0.39 is 15.8 Å². The number of aliphatic carboxylic acids is 1. The predicted molar refractivity (Wildman–Crippen MR) is 133 cm³/mol. The van der Waals surface area contributed by atoms with Crippen molar-refractivity contribution in [2.75, 3.05) is 37.3 Å². The lowest BCUT2D eigenvalue weighted by molar-refractivity contribution is -0.136. The maximum Gasteiger partial charge on any atom is 0.371 e. The van der Waals surface area contributed by atoms with Crippen LogP contribution < -0.4 is 14.8 Å². The van der Waals surface area contributed by atoms with E-state index in [1.54, 1.807) is 25.1 Å². The van der Waals surface area contributed by atoms with Gasteiger partial charge in [-0.1, -0.05) is 31.5 Å². The number of nitrogens with one attached hydrogen (secondary N) is 1. The molecular weight excluding hydrogens is 458 g/mol. The Hall–Kier alpha value is -3.20. The molecule has 34 heavy (non-hydrogen) atoms. The Balaban J connectivity index is 2.05. The molecule has 0 radical (unpaired) electrons. The number of ether oxygens (including phenoxy) is 3. The summed E-state index contributed by atoms with van der Waals surface area (Å²) < 4.78 is 39.6. The Bertz CT molecular complexity index is 1060. The molecule has 0 aliphatic carbocycles. The Morgan fingerprint density at radius 2 is 1.74 bits per heavy atom. The van der Waals surface area contributed by atoms with Gasteiger partial charge in [-0.05, 0) is 54.8 Å². The fourth-order valence-corrected chi connectivity index (χ4v) is 3.36. The summed E-state index contributed by atoms with van der Waals surface area (Å²) in [4.78, 5) is 11.4. The number of anilines is 1. The summed E-state index contributed by atoms with van der Waals surface area (Å²) in [6.45, 7) is 5.00. The van der Waals surface area contributed by atoms with Gasteiger partial charge in [-0.25, -0.2) is 13.2 Å². The third-order valence-electron chi connectivity index (χ3n) is 4.67. The standard InChI is InChI=1S/C25H33NO7S/c1-4-6-14-32-23-16-20(17-24(25(27)28)31-5-2)9-12-22(23)33-15-13-19-7-10-21(11-8-19)26-18-34(3,29)30/h7-12,16-17,26H,4-6,13-15,18H2,1-3H3,(H,27,28). The Kier molecular flexibility index (Phi) is 10.7. The van der Waals surface area contributed by atoms with E-state index in [9.17, 15) is 18.3 Å². The molecule has 2 rings (SSSR count). The molecule has 0 amide bonds. The van der Waals surface area contributed by atoms with Crippen LogP contribution in [0.2, 0.25) is 0 Å². The van der Waals surface area contributed by atoms with Crippen LogP contribution in [0.4, 0.5) is 5.69 Å². The first-order valence-electron chi connectivity index (χ1n) is 11.2. The van der Waals surface area contributed by atoms with E-state index in [4.69, 9.17) is 14.2 Å². The van der Waals surface area contributed by atoms with Crippen LogP contribution in [0, 0.1) is 0 Å². The van der Waals surface area contributed by atoms with Gasteiger partial charge in [0.15, 0.2) is 21.3 Å². The van der Waals surface area contributed by atoms with Crippen LogP contribution in [0.3, 0.4) is 0 Å². The zero-order chi connectivity index (χ0) is 25.0. The molecule has 8 nitrogen and oxygen atoms in total.